The Balaban J connectivity index is 0.000000179. The molecule has 13 heteroatoms. The molecule has 0 amide bonds. The molecule has 1 saturated heterocycles. The summed E-state index contributed by atoms with van der Waals surface area (Å²) in [6.07, 6.45) is 13.4. The lowest BCUT2D eigenvalue weighted by molar-refractivity contribution is 0.413. The standard InChI is InChI=1S/C14H19N7.C8H6ClN5/c15-8-11-1-5-21(6-2-11)14-7-12(18-10-19-14)20-13-9-16-3-4-17-13;9-6-4-7(13-5-12-6)14-8-10-2-1-3-11-8/h3-4,7,9-11H,1-2,5-6,8,15H2,(H,17,18,19,20);1-5H,(H,10,11,12,13,14). The Bertz CT molecular complexity index is 1170. The van der Waals surface area contributed by atoms with Crippen LogP contribution in [0.25, 0.3) is 0 Å². The predicted molar refractivity (Wildman–Crippen MR) is 134 cm³/mol. The summed E-state index contributed by atoms with van der Waals surface area (Å²) in [5, 5.41) is 6.39. The van der Waals surface area contributed by atoms with Gasteiger partial charge in [-0.2, -0.15) is 0 Å². The van der Waals surface area contributed by atoms with Crippen LogP contribution < -0.4 is 21.3 Å². The highest BCUT2D eigenvalue weighted by Gasteiger charge is 2.19. The largest absolute Gasteiger partial charge is 0.356 e. The first-order valence-corrected chi connectivity index (χ1v) is 11.4. The summed E-state index contributed by atoms with van der Waals surface area (Å²) >= 11 is 5.68. The van der Waals surface area contributed by atoms with Crippen LogP contribution >= 0.6 is 11.6 Å². The van der Waals surface area contributed by atoms with Crippen LogP contribution in [0.5, 0.6) is 0 Å². The zero-order valence-electron chi connectivity index (χ0n) is 18.9. The van der Waals surface area contributed by atoms with Crippen molar-refractivity contribution in [1.82, 2.24) is 39.9 Å². The average Bonchev–Trinajstić information content (AvgIpc) is 2.91. The van der Waals surface area contributed by atoms with E-state index >= 15 is 0 Å². The van der Waals surface area contributed by atoms with Gasteiger partial charge in [0.25, 0.3) is 0 Å². The van der Waals surface area contributed by atoms with Crippen molar-refractivity contribution in [3.05, 3.63) is 67.0 Å². The molecule has 35 heavy (non-hydrogen) atoms. The summed E-state index contributed by atoms with van der Waals surface area (Å²) in [5.74, 6) is 4.01. The van der Waals surface area contributed by atoms with E-state index in [4.69, 9.17) is 17.3 Å². The van der Waals surface area contributed by atoms with E-state index in [1.54, 1.807) is 49.4 Å². The molecule has 5 rings (SSSR count). The quantitative estimate of drug-likeness (QED) is 0.338. The van der Waals surface area contributed by atoms with E-state index in [9.17, 15) is 0 Å². The Hall–Kier alpha value is -4.03. The molecule has 5 heterocycles. The molecule has 180 valence electrons. The van der Waals surface area contributed by atoms with Gasteiger partial charge in [-0.1, -0.05) is 11.6 Å². The van der Waals surface area contributed by atoms with Gasteiger partial charge < -0.3 is 21.3 Å². The van der Waals surface area contributed by atoms with E-state index in [-0.39, 0.29) is 0 Å². The van der Waals surface area contributed by atoms with Crippen LogP contribution in [0.15, 0.2) is 61.8 Å². The molecular weight excluding hydrogens is 468 g/mol. The van der Waals surface area contributed by atoms with Gasteiger partial charge in [-0.25, -0.2) is 34.9 Å². The summed E-state index contributed by atoms with van der Waals surface area (Å²) in [6.45, 7) is 2.75. The van der Waals surface area contributed by atoms with Gasteiger partial charge in [-0.3, -0.25) is 4.98 Å². The van der Waals surface area contributed by atoms with Crippen molar-refractivity contribution in [1.29, 1.82) is 0 Å². The maximum atomic E-state index is 5.73. The molecule has 4 aromatic heterocycles. The fraction of sp³-hybridized carbons (Fsp3) is 0.273. The van der Waals surface area contributed by atoms with Gasteiger partial charge in [-0.15, -0.1) is 0 Å². The number of piperidine rings is 1. The Labute approximate surface area is 207 Å². The molecule has 1 fully saturated rings. The SMILES string of the molecule is Clc1cc(Nc2ncccn2)ncn1.NCC1CCN(c2cc(Nc3cnccn3)ncn2)CC1. The lowest BCUT2D eigenvalue weighted by atomic mass is 9.97. The number of aromatic nitrogens is 8. The van der Waals surface area contributed by atoms with Gasteiger partial charge in [0.2, 0.25) is 5.95 Å². The van der Waals surface area contributed by atoms with Crippen LogP contribution in [0.2, 0.25) is 5.15 Å². The van der Waals surface area contributed by atoms with Gasteiger partial charge in [0.05, 0.1) is 6.20 Å². The molecule has 0 unspecified atom stereocenters. The van der Waals surface area contributed by atoms with Crippen molar-refractivity contribution in [2.24, 2.45) is 11.7 Å². The molecule has 0 spiro atoms. The molecule has 0 radical (unpaired) electrons. The van der Waals surface area contributed by atoms with Crippen molar-refractivity contribution in [3.63, 3.8) is 0 Å². The molecule has 4 N–H and O–H groups in total. The average molecular weight is 493 g/mol. The zero-order chi connectivity index (χ0) is 24.3. The summed E-state index contributed by atoms with van der Waals surface area (Å²) in [4.78, 5) is 34.7. The highest BCUT2D eigenvalue weighted by molar-refractivity contribution is 6.29. The fourth-order valence-electron chi connectivity index (χ4n) is 3.36. The van der Waals surface area contributed by atoms with Gasteiger partial charge in [0.15, 0.2) is 0 Å². The van der Waals surface area contributed by atoms with Gasteiger partial charge in [0.1, 0.15) is 41.1 Å². The zero-order valence-corrected chi connectivity index (χ0v) is 19.6. The van der Waals surface area contributed by atoms with Crippen molar-refractivity contribution >= 4 is 40.8 Å². The maximum absolute atomic E-state index is 5.73. The molecule has 12 nitrogen and oxygen atoms in total. The first-order chi connectivity index (χ1) is 17.2. The fourth-order valence-corrected chi connectivity index (χ4v) is 3.51. The maximum Gasteiger partial charge on any atom is 0.228 e. The molecule has 0 aliphatic carbocycles. The highest BCUT2D eigenvalue weighted by atomic mass is 35.5. The minimum absolute atomic E-state index is 0.374. The topological polar surface area (TPSA) is 156 Å². The number of hydrogen-bond acceptors (Lipinski definition) is 12. The van der Waals surface area contributed by atoms with Crippen molar-refractivity contribution in [2.75, 3.05) is 35.2 Å². The van der Waals surface area contributed by atoms with E-state index in [1.165, 1.54) is 6.33 Å². The smallest absolute Gasteiger partial charge is 0.228 e. The third-order valence-corrected chi connectivity index (χ3v) is 5.39. The van der Waals surface area contributed by atoms with E-state index in [1.807, 2.05) is 6.07 Å². The molecule has 1 aliphatic heterocycles. The second-order valence-corrected chi connectivity index (χ2v) is 7.95. The van der Waals surface area contributed by atoms with Crippen LogP contribution in [-0.4, -0.2) is 59.5 Å². The van der Waals surface area contributed by atoms with Gasteiger partial charge >= 0.3 is 0 Å². The summed E-state index contributed by atoms with van der Waals surface area (Å²) in [7, 11) is 0. The Morgan fingerprint density at radius 3 is 2.26 bits per heavy atom. The minimum Gasteiger partial charge on any atom is -0.356 e. The number of nitrogens with two attached hydrogens (primary N) is 1. The number of nitrogens with one attached hydrogen (secondary N) is 2. The molecule has 0 atom stereocenters. The van der Waals surface area contributed by atoms with Crippen LogP contribution in [0.4, 0.5) is 29.2 Å². The lowest BCUT2D eigenvalue weighted by Gasteiger charge is -2.32. The molecule has 0 saturated carbocycles. The van der Waals surface area contributed by atoms with Crippen LogP contribution in [0.1, 0.15) is 12.8 Å². The van der Waals surface area contributed by atoms with Crippen LogP contribution in [0, 0.1) is 5.92 Å². The van der Waals surface area contributed by atoms with Crippen molar-refractivity contribution < 1.29 is 0 Å². The minimum atomic E-state index is 0.374. The number of rotatable bonds is 6. The first kappa shape index (κ1) is 24.1. The molecule has 0 bridgehead atoms. The van der Waals surface area contributed by atoms with Gasteiger partial charge in [0, 0.05) is 50.0 Å². The summed E-state index contributed by atoms with van der Waals surface area (Å²) in [6, 6.07) is 5.27. The number of nitrogens with zero attached hydrogens (tertiary/aromatic N) is 9. The Morgan fingerprint density at radius 1 is 0.829 bits per heavy atom. The van der Waals surface area contributed by atoms with Crippen molar-refractivity contribution in [2.45, 2.75) is 12.8 Å². The Morgan fingerprint density at radius 2 is 1.57 bits per heavy atom. The monoisotopic (exact) mass is 492 g/mol. The summed E-state index contributed by atoms with van der Waals surface area (Å²) in [5.41, 5.74) is 5.73. The molecule has 4 aromatic rings. The van der Waals surface area contributed by atoms with Crippen molar-refractivity contribution in [3.8, 4) is 0 Å². The Kier molecular flexibility index (Phi) is 8.57. The third kappa shape index (κ3) is 7.48. The first-order valence-electron chi connectivity index (χ1n) is 11.0. The van der Waals surface area contributed by atoms with Crippen LogP contribution in [0.3, 0.4) is 0 Å². The second kappa shape index (κ2) is 12.4. The predicted octanol–water partition coefficient (Wildman–Crippen LogP) is 2.85. The number of hydrogen-bond donors (Lipinski definition) is 3. The highest BCUT2D eigenvalue weighted by Crippen LogP contribution is 2.23. The third-order valence-electron chi connectivity index (χ3n) is 5.18. The lowest BCUT2D eigenvalue weighted by Crippen LogP contribution is -2.36. The van der Waals surface area contributed by atoms with E-state index in [0.29, 0.717) is 28.7 Å². The van der Waals surface area contributed by atoms with E-state index < -0.39 is 0 Å². The van der Waals surface area contributed by atoms with E-state index in [2.05, 4.69) is 55.4 Å². The second-order valence-electron chi connectivity index (χ2n) is 7.57. The summed E-state index contributed by atoms with van der Waals surface area (Å²) < 4.78 is 0. The van der Waals surface area contributed by atoms with E-state index in [0.717, 1.165) is 44.1 Å². The normalized spacial score (nSPS) is 13.5. The molecule has 0 aromatic carbocycles. The molecule has 1 aliphatic rings. The molecular formula is C22H25ClN12. The number of anilines is 5. The van der Waals surface area contributed by atoms with Gasteiger partial charge in [-0.05, 0) is 31.4 Å². The number of halogens is 1. The van der Waals surface area contributed by atoms with Crippen LogP contribution in [-0.2, 0) is 0 Å².